The maximum atomic E-state index is 10.3. The van der Waals surface area contributed by atoms with Gasteiger partial charge >= 0.3 is 0 Å². The molecular formula is C9H11BrO2. The minimum absolute atomic E-state index is 0.230. The molecule has 12 heavy (non-hydrogen) atoms. The Balaban J connectivity index is 2.72. The summed E-state index contributed by atoms with van der Waals surface area (Å²) in [5, 5.41) is 0. The number of rotatable bonds is 4. The van der Waals surface area contributed by atoms with E-state index in [-0.39, 0.29) is 5.92 Å². The highest BCUT2D eigenvalue weighted by molar-refractivity contribution is 9.10. The van der Waals surface area contributed by atoms with Crippen LogP contribution in [-0.2, 0) is 4.79 Å². The lowest BCUT2D eigenvalue weighted by Crippen LogP contribution is -1.95. The van der Waals surface area contributed by atoms with Crippen LogP contribution in [0.4, 0.5) is 0 Å². The van der Waals surface area contributed by atoms with Crippen molar-refractivity contribution in [2.75, 3.05) is 0 Å². The molecule has 1 heterocycles. The molecule has 0 saturated heterocycles. The van der Waals surface area contributed by atoms with Gasteiger partial charge in [0.05, 0.1) is 0 Å². The molecule has 1 rings (SSSR count). The van der Waals surface area contributed by atoms with E-state index in [1.165, 1.54) is 0 Å². The van der Waals surface area contributed by atoms with Crippen LogP contribution in [0.5, 0.6) is 0 Å². The van der Waals surface area contributed by atoms with E-state index >= 15 is 0 Å². The van der Waals surface area contributed by atoms with Gasteiger partial charge in [-0.25, -0.2) is 0 Å². The van der Waals surface area contributed by atoms with Crippen molar-refractivity contribution in [3.05, 3.63) is 22.6 Å². The molecule has 0 saturated carbocycles. The van der Waals surface area contributed by atoms with Crippen LogP contribution in [0.25, 0.3) is 0 Å². The average molecular weight is 231 g/mol. The van der Waals surface area contributed by atoms with Gasteiger partial charge in [0.2, 0.25) is 0 Å². The molecule has 0 N–H and O–H groups in total. The van der Waals surface area contributed by atoms with Crippen LogP contribution in [0.2, 0.25) is 0 Å². The molecule has 0 fully saturated rings. The fourth-order valence-corrected chi connectivity index (χ4v) is 1.47. The standard InChI is InChI=1S/C9H11BrO2/c1-2-7(5-6-11)8-3-4-9(10)12-8/h3-4,6-7H,2,5H2,1H3. The number of aldehydes is 1. The van der Waals surface area contributed by atoms with Crippen molar-refractivity contribution >= 4 is 22.2 Å². The molecule has 0 aliphatic heterocycles. The zero-order chi connectivity index (χ0) is 8.97. The quantitative estimate of drug-likeness (QED) is 0.745. The first-order valence-corrected chi connectivity index (χ1v) is 4.76. The molecule has 66 valence electrons. The molecule has 1 atom stereocenters. The molecule has 0 bridgehead atoms. The normalized spacial score (nSPS) is 12.8. The van der Waals surface area contributed by atoms with Crippen LogP contribution in [-0.4, -0.2) is 6.29 Å². The zero-order valence-electron chi connectivity index (χ0n) is 6.92. The third kappa shape index (κ3) is 2.21. The lowest BCUT2D eigenvalue weighted by atomic mass is 10.0. The summed E-state index contributed by atoms with van der Waals surface area (Å²) in [5.74, 6) is 1.12. The summed E-state index contributed by atoms with van der Waals surface area (Å²) in [6.45, 7) is 2.05. The monoisotopic (exact) mass is 230 g/mol. The van der Waals surface area contributed by atoms with Gasteiger partial charge in [0.25, 0.3) is 0 Å². The second-order valence-electron chi connectivity index (χ2n) is 2.65. The molecule has 0 radical (unpaired) electrons. The fraction of sp³-hybridized carbons (Fsp3) is 0.444. The summed E-state index contributed by atoms with van der Waals surface area (Å²) in [7, 11) is 0. The maximum Gasteiger partial charge on any atom is 0.169 e. The van der Waals surface area contributed by atoms with Gasteiger partial charge in [0.1, 0.15) is 12.0 Å². The van der Waals surface area contributed by atoms with Crippen LogP contribution in [0, 0.1) is 0 Å². The summed E-state index contributed by atoms with van der Waals surface area (Å²) in [5.41, 5.74) is 0. The van der Waals surface area contributed by atoms with E-state index in [4.69, 9.17) is 4.42 Å². The summed E-state index contributed by atoms with van der Waals surface area (Å²) >= 11 is 3.23. The first-order chi connectivity index (χ1) is 5.77. The van der Waals surface area contributed by atoms with E-state index in [0.717, 1.165) is 23.1 Å². The van der Waals surface area contributed by atoms with Gasteiger partial charge in [-0.2, -0.15) is 0 Å². The second-order valence-corrected chi connectivity index (χ2v) is 3.43. The molecule has 1 aromatic heterocycles. The predicted molar refractivity (Wildman–Crippen MR) is 50.1 cm³/mol. The first kappa shape index (κ1) is 9.52. The van der Waals surface area contributed by atoms with Crippen LogP contribution < -0.4 is 0 Å². The highest BCUT2D eigenvalue weighted by Crippen LogP contribution is 2.26. The lowest BCUT2D eigenvalue weighted by molar-refractivity contribution is -0.108. The Morgan fingerprint density at radius 3 is 2.83 bits per heavy atom. The Hall–Kier alpha value is -0.570. The third-order valence-electron chi connectivity index (χ3n) is 1.87. The van der Waals surface area contributed by atoms with E-state index in [9.17, 15) is 4.79 Å². The number of carbonyl (C=O) groups is 1. The molecule has 1 aromatic rings. The van der Waals surface area contributed by atoms with Gasteiger partial charge in [0, 0.05) is 12.3 Å². The highest BCUT2D eigenvalue weighted by Gasteiger charge is 2.12. The van der Waals surface area contributed by atoms with Gasteiger partial charge in [-0.05, 0) is 34.5 Å². The number of hydrogen-bond acceptors (Lipinski definition) is 2. The molecule has 3 heteroatoms. The highest BCUT2D eigenvalue weighted by atomic mass is 79.9. The molecule has 2 nitrogen and oxygen atoms in total. The van der Waals surface area contributed by atoms with Crippen molar-refractivity contribution in [3.8, 4) is 0 Å². The lowest BCUT2D eigenvalue weighted by Gasteiger charge is -2.06. The van der Waals surface area contributed by atoms with Crippen molar-refractivity contribution in [1.82, 2.24) is 0 Å². The molecular weight excluding hydrogens is 220 g/mol. The summed E-state index contributed by atoms with van der Waals surface area (Å²) < 4.78 is 6.07. The van der Waals surface area contributed by atoms with E-state index in [1.54, 1.807) is 0 Å². The number of hydrogen-bond donors (Lipinski definition) is 0. The fourth-order valence-electron chi connectivity index (χ4n) is 1.15. The average Bonchev–Trinajstić information content (AvgIpc) is 2.47. The zero-order valence-corrected chi connectivity index (χ0v) is 8.50. The molecule has 0 aliphatic rings. The largest absolute Gasteiger partial charge is 0.454 e. The number of halogens is 1. The third-order valence-corrected chi connectivity index (χ3v) is 2.30. The number of furan rings is 1. The first-order valence-electron chi connectivity index (χ1n) is 3.96. The van der Waals surface area contributed by atoms with Gasteiger partial charge in [0.15, 0.2) is 4.67 Å². The van der Waals surface area contributed by atoms with Crippen molar-refractivity contribution in [3.63, 3.8) is 0 Å². The minimum atomic E-state index is 0.230. The Bertz CT molecular complexity index is 255. The van der Waals surface area contributed by atoms with Crippen molar-refractivity contribution in [1.29, 1.82) is 0 Å². The van der Waals surface area contributed by atoms with Crippen LogP contribution in [0.3, 0.4) is 0 Å². The van der Waals surface area contributed by atoms with E-state index in [2.05, 4.69) is 15.9 Å². The molecule has 0 aromatic carbocycles. The SMILES string of the molecule is CCC(CC=O)c1ccc(Br)o1. The van der Waals surface area contributed by atoms with Crippen LogP contribution in [0.1, 0.15) is 31.4 Å². The number of carbonyl (C=O) groups excluding carboxylic acids is 1. The predicted octanol–water partition coefficient (Wildman–Crippen LogP) is 3.12. The van der Waals surface area contributed by atoms with E-state index in [1.807, 2.05) is 19.1 Å². The topological polar surface area (TPSA) is 30.2 Å². The molecule has 0 aliphatic carbocycles. The van der Waals surface area contributed by atoms with Crippen LogP contribution in [0.15, 0.2) is 21.2 Å². The second kappa shape index (κ2) is 4.45. The maximum absolute atomic E-state index is 10.3. The minimum Gasteiger partial charge on any atom is -0.454 e. The van der Waals surface area contributed by atoms with Crippen molar-refractivity contribution in [2.24, 2.45) is 0 Å². The van der Waals surface area contributed by atoms with Gasteiger partial charge in [-0.3, -0.25) is 0 Å². The molecule has 1 unspecified atom stereocenters. The van der Waals surface area contributed by atoms with Crippen molar-refractivity contribution in [2.45, 2.75) is 25.7 Å². The van der Waals surface area contributed by atoms with Gasteiger partial charge < -0.3 is 9.21 Å². The van der Waals surface area contributed by atoms with E-state index in [0.29, 0.717) is 6.42 Å². The molecule has 0 amide bonds. The summed E-state index contributed by atoms with van der Waals surface area (Å²) in [6.07, 6.45) is 2.40. The van der Waals surface area contributed by atoms with Gasteiger partial charge in [-0.15, -0.1) is 0 Å². The Labute approximate surface area is 80.1 Å². The van der Waals surface area contributed by atoms with Crippen LogP contribution >= 0.6 is 15.9 Å². The summed E-state index contributed by atoms with van der Waals surface area (Å²) in [6, 6.07) is 3.75. The van der Waals surface area contributed by atoms with E-state index < -0.39 is 0 Å². The Morgan fingerprint density at radius 1 is 1.67 bits per heavy atom. The molecule has 0 spiro atoms. The van der Waals surface area contributed by atoms with Crippen molar-refractivity contribution < 1.29 is 9.21 Å². The Morgan fingerprint density at radius 2 is 2.42 bits per heavy atom. The summed E-state index contributed by atoms with van der Waals surface area (Å²) in [4.78, 5) is 10.3. The Kier molecular flexibility index (Phi) is 3.53. The van der Waals surface area contributed by atoms with Gasteiger partial charge in [-0.1, -0.05) is 6.92 Å². The smallest absolute Gasteiger partial charge is 0.169 e.